The maximum atomic E-state index is 12.7. The van der Waals surface area contributed by atoms with Gasteiger partial charge in [0.25, 0.3) is 5.91 Å². The highest BCUT2D eigenvalue weighted by molar-refractivity contribution is 6.03. The number of carbonyl (C=O) groups excluding carboxylic acids is 1. The summed E-state index contributed by atoms with van der Waals surface area (Å²) in [5.74, 6) is -0.183. The number of aryl methyl sites for hydroxylation is 1. The van der Waals surface area contributed by atoms with Crippen molar-refractivity contribution in [3.05, 3.63) is 59.5 Å². The number of hydrogen-bond donors (Lipinski definition) is 1. The first kappa shape index (κ1) is 11.3. The molecule has 0 aliphatic heterocycles. The Hall–Kier alpha value is -2.23. The van der Waals surface area contributed by atoms with Crippen molar-refractivity contribution in [1.82, 2.24) is 4.98 Å². The molecule has 0 fully saturated rings. The molecule has 0 atom stereocenters. The van der Waals surface area contributed by atoms with Crippen LogP contribution in [0, 0.1) is 12.7 Å². The van der Waals surface area contributed by atoms with Gasteiger partial charge in [0.15, 0.2) is 0 Å². The van der Waals surface area contributed by atoms with E-state index >= 15 is 0 Å². The fourth-order valence-corrected chi connectivity index (χ4v) is 1.39. The Morgan fingerprint density at radius 2 is 1.94 bits per heavy atom. The van der Waals surface area contributed by atoms with Gasteiger partial charge in [-0.25, -0.2) is 9.37 Å². The minimum absolute atomic E-state index is 0.303. The topological polar surface area (TPSA) is 42.0 Å². The summed E-state index contributed by atoms with van der Waals surface area (Å²) in [6.45, 7) is 1.91. The van der Waals surface area contributed by atoms with Gasteiger partial charge in [-0.3, -0.25) is 4.79 Å². The molecule has 17 heavy (non-hydrogen) atoms. The third-order valence-corrected chi connectivity index (χ3v) is 2.26. The zero-order valence-electron chi connectivity index (χ0n) is 9.27. The third-order valence-electron chi connectivity index (χ3n) is 2.26. The number of halogens is 1. The van der Waals surface area contributed by atoms with Crippen molar-refractivity contribution in [2.45, 2.75) is 6.92 Å². The van der Waals surface area contributed by atoms with Gasteiger partial charge < -0.3 is 5.32 Å². The van der Waals surface area contributed by atoms with Crippen LogP contribution in [0.15, 0.2) is 42.6 Å². The van der Waals surface area contributed by atoms with E-state index in [1.54, 1.807) is 12.3 Å². The third kappa shape index (κ3) is 2.87. The number of carbonyl (C=O) groups is 1. The standard InChI is InChI=1S/C13H11FN2O/c1-9-6-7-15-12(8-9)16-13(17)10-2-4-11(14)5-3-10/h2-8H,1H3,(H,15,16,17). The molecule has 0 unspecified atom stereocenters. The Balaban J connectivity index is 2.14. The molecule has 0 aliphatic rings. The lowest BCUT2D eigenvalue weighted by Gasteiger charge is -2.04. The van der Waals surface area contributed by atoms with Crippen molar-refractivity contribution < 1.29 is 9.18 Å². The highest BCUT2D eigenvalue weighted by Crippen LogP contribution is 2.09. The highest BCUT2D eigenvalue weighted by Gasteiger charge is 2.06. The minimum Gasteiger partial charge on any atom is -0.307 e. The molecule has 0 bridgehead atoms. The van der Waals surface area contributed by atoms with Gasteiger partial charge in [-0.15, -0.1) is 0 Å². The Morgan fingerprint density at radius 3 is 2.59 bits per heavy atom. The SMILES string of the molecule is Cc1ccnc(NC(=O)c2ccc(F)cc2)c1. The van der Waals surface area contributed by atoms with Gasteiger partial charge in [-0.2, -0.15) is 0 Å². The van der Waals surface area contributed by atoms with Crippen LogP contribution in [-0.2, 0) is 0 Å². The average Bonchev–Trinajstić information content (AvgIpc) is 2.29. The van der Waals surface area contributed by atoms with Crippen molar-refractivity contribution >= 4 is 11.7 Å². The van der Waals surface area contributed by atoms with Crippen molar-refractivity contribution in [2.75, 3.05) is 5.32 Å². The van der Waals surface area contributed by atoms with Crippen LogP contribution in [-0.4, -0.2) is 10.9 Å². The molecule has 4 heteroatoms. The molecular weight excluding hydrogens is 219 g/mol. The summed E-state index contributed by atoms with van der Waals surface area (Å²) in [4.78, 5) is 15.8. The van der Waals surface area contributed by atoms with Crippen molar-refractivity contribution in [2.24, 2.45) is 0 Å². The predicted molar refractivity (Wildman–Crippen MR) is 63.3 cm³/mol. The largest absolute Gasteiger partial charge is 0.307 e. The summed E-state index contributed by atoms with van der Waals surface area (Å²) in [6, 6.07) is 8.97. The number of rotatable bonds is 2. The monoisotopic (exact) mass is 230 g/mol. The van der Waals surface area contributed by atoms with E-state index in [1.807, 2.05) is 13.0 Å². The molecule has 1 aromatic heterocycles. The number of nitrogens with zero attached hydrogens (tertiary/aromatic N) is 1. The van der Waals surface area contributed by atoms with E-state index in [9.17, 15) is 9.18 Å². The number of benzene rings is 1. The number of hydrogen-bond acceptors (Lipinski definition) is 2. The number of anilines is 1. The molecule has 2 aromatic rings. The van der Waals surface area contributed by atoms with Crippen molar-refractivity contribution in [3.63, 3.8) is 0 Å². The first-order chi connectivity index (χ1) is 8.15. The predicted octanol–water partition coefficient (Wildman–Crippen LogP) is 2.78. The minimum atomic E-state index is -0.366. The highest BCUT2D eigenvalue weighted by atomic mass is 19.1. The molecule has 2 rings (SSSR count). The molecule has 1 aromatic carbocycles. The zero-order valence-corrected chi connectivity index (χ0v) is 9.27. The van der Waals surface area contributed by atoms with E-state index in [0.29, 0.717) is 11.4 Å². The van der Waals surface area contributed by atoms with E-state index < -0.39 is 0 Å². The number of aromatic nitrogens is 1. The molecule has 0 saturated carbocycles. The summed E-state index contributed by atoms with van der Waals surface area (Å²) in [5.41, 5.74) is 1.41. The van der Waals surface area contributed by atoms with Crippen molar-refractivity contribution in [1.29, 1.82) is 0 Å². The second-order valence-corrected chi connectivity index (χ2v) is 3.68. The molecule has 0 aliphatic carbocycles. The van der Waals surface area contributed by atoms with Gasteiger partial charge in [0.05, 0.1) is 0 Å². The first-order valence-electron chi connectivity index (χ1n) is 5.15. The molecule has 1 amide bonds. The van der Waals surface area contributed by atoms with Crippen LogP contribution in [0.25, 0.3) is 0 Å². The van der Waals surface area contributed by atoms with Crippen LogP contribution in [0.5, 0.6) is 0 Å². The van der Waals surface area contributed by atoms with Gasteiger partial charge >= 0.3 is 0 Å². The normalized spacial score (nSPS) is 10.0. The molecule has 3 nitrogen and oxygen atoms in total. The Bertz CT molecular complexity index is 537. The summed E-state index contributed by atoms with van der Waals surface area (Å²) < 4.78 is 12.7. The Labute approximate surface area is 98.3 Å². The maximum Gasteiger partial charge on any atom is 0.256 e. The molecule has 1 heterocycles. The Kier molecular flexibility index (Phi) is 3.14. The molecular formula is C13H11FN2O. The van der Waals surface area contributed by atoms with E-state index in [4.69, 9.17) is 0 Å². The quantitative estimate of drug-likeness (QED) is 0.861. The number of pyridine rings is 1. The lowest BCUT2D eigenvalue weighted by Crippen LogP contribution is -2.12. The van der Waals surface area contributed by atoms with Gasteiger partial charge in [-0.1, -0.05) is 0 Å². The molecule has 1 N–H and O–H groups in total. The van der Waals surface area contributed by atoms with Gasteiger partial charge in [0.2, 0.25) is 0 Å². The van der Waals surface area contributed by atoms with E-state index in [1.165, 1.54) is 24.3 Å². The van der Waals surface area contributed by atoms with Crippen LogP contribution in [0.1, 0.15) is 15.9 Å². The Morgan fingerprint density at radius 1 is 1.24 bits per heavy atom. The van der Waals surface area contributed by atoms with Crippen LogP contribution >= 0.6 is 0 Å². The van der Waals surface area contributed by atoms with Gasteiger partial charge in [0, 0.05) is 11.8 Å². The maximum absolute atomic E-state index is 12.7. The lowest BCUT2D eigenvalue weighted by atomic mass is 10.2. The lowest BCUT2D eigenvalue weighted by molar-refractivity contribution is 0.102. The van der Waals surface area contributed by atoms with Gasteiger partial charge in [0.1, 0.15) is 11.6 Å². The zero-order chi connectivity index (χ0) is 12.3. The molecule has 86 valence electrons. The fraction of sp³-hybridized carbons (Fsp3) is 0.0769. The van der Waals surface area contributed by atoms with Crippen LogP contribution in [0.4, 0.5) is 10.2 Å². The molecule has 0 saturated heterocycles. The first-order valence-corrected chi connectivity index (χ1v) is 5.15. The van der Waals surface area contributed by atoms with Crippen LogP contribution < -0.4 is 5.32 Å². The van der Waals surface area contributed by atoms with Crippen LogP contribution in [0.2, 0.25) is 0 Å². The van der Waals surface area contributed by atoms with Gasteiger partial charge in [-0.05, 0) is 48.9 Å². The van der Waals surface area contributed by atoms with E-state index in [0.717, 1.165) is 5.56 Å². The number of nitrogens with one attached hydrogen (secondary N) is 1. The molecule has 0 radical (unpaired) electrons. The number of amides is 1. The molecule has 0 spiro atoms. The second-order valence-electron chi connectivity index (χ2n) is 3.68. The van der Waals surface area contributed by atoms with Crippen LogP contribution in [0.3, 0.4) is 0 Å². The van der Waals surface area contributed by atoms with Crippen molar-refractivity contribution in [3.8, 4) is 0 Å². The summed E-state index contributed by atoms with van der Waals surface area (Å²) >= 11 is 0. The average molecular weight is 230 g/mol. The second kappa shape index (κ2) is 4.74. The summed E-state index contributed by atoms with van der Waals surface area (Å²) in [5, 5.41) is 2.65. The smallest absolute Gasteiger partial charge is 0.256 e. The fourth-order valence-electron chi connectivity index (χ4n) is 1.39. The summed E-state index contributed by atoms with van der Waals surface area (Å²) in [6.07, 6.45) is 1.62. The van der Waals surface area contributed by atoms with E-state index in [-0.39, 0.29) is 11.7 Å². The van der Waals surface area contributed by atoms with E-state index in [2.05, 4.69) is 10.3 Å². The summed E-state index contributed by atoms with van der Waals surface area (Å²) in [7, 11) is 0.